The molecule has 0 aliphatic rings. The summed E-state index contributed by atoms with van der Waals surface area (Å²) in [5.41, 5.74) is 1.88. The Morgan fingerprint density at radius 3 is 2.32 bits per heavy atom. The smallest absolute Gasteiger partial charge is 0.175 e. The summed E-state index contributed by atoms with van der Waals surface area (Å²) in [5, 5.41) is 4.61. The highest BCUT2D eigenvalue weighted by molar-refractivity contribution is 9.10. The number of halogens is 3. The van der Waals surface area contributed by atoms with Crippen LogP contribution in [0.25, 0.3) is 0 Å². The first-order valence-electron chi connectivity index (χ1n) is 7.88. The maximum Gasteiger partial charge on any atom is 0.175 e. The second-order valence-electron chi connectivity index (χ2n) is 6.70. The molecule has 6 heteroatoms. The lowest BCUT2D eigenvalue weighted by molar-refractivity contribution is 0.282. The van der Waals surface area contributed by atoms with Crippen LogP contribution in [0, 0.1) is 0 Å². The van der Waals surface area contributed by atoms with E-state index in [0.717, 1.165) is 22.1 Å². The summed E-state index contributed by atoms with van der Waals surface area (Å²) in [7, 11) is 1.62. The SMILES string of the molecule is COc1cc(CNC(C)(C)C)cc(Br)c1OCc1c(Cl)cccc1Cl. The van der Waals surface area contributed by atoms with Gasteiger partial charge in [0, 0.05) is 27.7 Å². The van der Waals surface area contributed by atoms with E-state index in [-0.39, 0.29) is 12.1 Å². The molecule has 0 unspecified atom stereocenters. The number of methoxy groups -OCH3 is 1. The minimum absolute atomic E-state index is 0.0374. The third-order valence-corrected chi connectivity index (χ3v) is 4.83. The van der Waals surface area contributed by atoms with E-state index in [1.807, 2.05) is 18.2 Å². The van der Waals surface area contributed by atoms with Gasteiger partial charge in [0.05, 0.1) is 11.6 Å². The Bertz CT molecular complexity index is 725. The largest absolute Gasteiger partial charge is 0.493 e. The maximum absolute atomic E-state index is 6.20. The van der Waals surface area contributed by atoms with Crippen LogP contribution in [0.4, 0.5) is 0 Å². The Morgan fingerprint density at radius 1 is 1.12 bits per heavy atom. The van der Waals surface area contributed by atoms with Gasteiger partial charge in [0.15, 0.2) is 11.5 Å². The van der Waals surface area contributed by atoms with Crippen LogP contribution in [0.5, 0.6) is 11.5 Å². The zero-order valence-electron chi connectivity index (χ0n) is 14.8. The topological polar surface area (TPSA) is 30.5 Å². The number of benzene rings is 2. The normalized spacial score (nSPS) is 11.5. The van der Waals surface area contributed by atoms with Gasteiger partial charge in [-0.05, 0) is 66.5 Å². The standard InChI is InChI=1S/C19H22BrCl2NO2/c1-19(2,3)23-10-12-8-14(20)18(17(9-12)24-4)25-11-13-15(21)6-5-7-16(13)22/h5-9,23H,10-11H2,1-4H3. The number of rotatable bonds is 6. The van der Waals surface area contributed by atoms with Crippen molar-refractivity contribution >= 4 is 39.1 Å². The number of nitrogens with one attached hydrogen (secondary N) is 1. The first-order chi connectivity index (χ1) is 11.7. The molecule has 25 heavy (non-hydrogen) atoms. The van der Waals surface area contributed by atoms with Crippen molar-refractivity contribution in [3.05, 3.63) is 56.0 Å². The molecule has 0 aliphatic carbocycles. The fourth-order valence-electron chi connectivity index (χ4n) is 2.20. The highest BCUT2D eigenvalue weighted by Crippen LogP contribution is 2.38. The van der Waals surface area contributed by atoms with Gasteiger partial charge in [0.1, 0.15) is 6.61 Å². The van der Waals surface area contributed by atoms with Gasteiger partial charge in [-0.2, -0.15) is 0 Å². The van der Waals surface area contributed by atoms with Gasteiger partial charge in [-0.1, -0.05) is 29.3 Å². The Kier molecular flexibility index (Phi) is 7.03. The van der Waals surface area contributed by atoms with Crippen molar-refractivity contribution < 1.29 is 9.47 Å². The van der Waals surface area contributed by atoms with Crippen LogP contribution >= 0.6 is 39.1 Å². The van der Waals surface area contributed by atoms with Crippen molar-refractivity contribution in [1.82, 2.24) is 5.32 Å². The van der Waals surface area contributed by atoms with Crippen LogP contribution in [0.2, 0.25) is 10.0 Å². The van der Waals surface area contributed by atoms with Crippen molar-refractivity contribution in [2.24, 2.45) is 0 Å². The van der Waals surface area contributed by atoms with Crippen LogP contribution in [0.15, 0.2) is 34.8 Å². The van der Waals surface area contributed by atoms with Crippen molar-refractivity contribution in [2.75, 3.05) is 7.11 Å². The van der Waals surface area contributed by atoms with Crippen LogP contribution in [0.3, 0.4) is 0 Å². The first kappa shape index (κ1) is 20.4. The zero-order valence-corrected chi connectivity index (χ0v) is 17.8. The summed E-state index contributed by atoms with van der Waals surface area (Å²) < 4.78 is 12.3. The summed E-state index contributed by atoms with van der Waals surface area (Å²) in [5.74, 6) is 1.28. The minimum Gasteiger partial charge on any atom is -0.493 e. The number of hydrogen-bond donors (Lipinski definition) is 1. The van der Waals surface area contributed by atoms with Gasteiger partial charge >= 0.3 is 0 Å². The molecule has 0 aromatic heterocycles. The van der Waals surface area contributed by atoms with Gasteiger partial charge in [0.25, 0.3) is 0 Å². The van der Waals surface area contributed by atoms with Crippen molar-refractivity contribution in [1.29, 1.82) is 0 Å². The Balaban J connectivity index is 2.20. The van der Waals surface area contributed by atoms with E-state index in [0.29, 0.717) is 21.5 Å². The monoisotopic (exact) mass is 445 g/mol. The van der Waals surface area contributed by atoms with E-state index in [1.165, 1.54) is 0 Å². The molecule has 0 radical (unpaired) electrons. The quantitative estimate of drug-likeness (QED) is 0.570. The number of hydrogen-bond acceptors (Lipinski definition) is 3. The van der Waals surface area contributed by atoms with Crippen LogP contribution in [-0.2, 0) is 13.2 Å². The molecule has 0 spiro atoms. The van der Waals surface area contributed by atoms with E-state index >= 15 is 0 Å². The Labute approximate surface area is 167 Å². The molecule has 0 fully saturated rings. The summed E-state index contributed by atoms with van der Waals surface area (Å²) >= 11 is 16.0. The predicted molar refractivity (Wildman–Crippen MR) is 108 cm³/mol. The molecule has 1 N–H and O–H groups in total. The van der Waals surface area contributed by atoms with E-state index < -0.39 is 0 Å². The third kappa shape index (κ3) is 5.78. The van der Waals surface area contributed by atoms with Crippen LogP contribution < -0.4 is 14.8 Å². The van der Waals surface area contributed by atoms with E-state index in [1.54, 1.807) is 19.2 Å². The fourth-order valence-corrected chi connectivity index (χ4v) is 3.31. The zero-order chi connectivity index (χ0) is 18.6. The van der Waals surface area contributed by atoms with E-state index in [2.05, 4.69) is 42.0 Å². The van der Waals surface area contributed by atoms with Gasteiger partial charge < -0.3 is 14.8 Å². The third-order valence-electron chi connectivity index (χ3n) is 3.53. The fraction of sp³-hybridized carbons (Fsp3) is 0.368. The average molecular weight is 447 g/mol. The Hall–Kier alpha value is -0.940. The highest BCUT2D eigenvalue weighted by Gasteiger charge is 2.15. The maximum atomic E-state index is 6.20. The van der Waals surface area contributed by atoms with Gasteiger partial charge in [-0.25, -0.2) is 0 Å². The molecular weight excluding hydrogens is 425 g/mol. The molecule has 2 aromatic carbocycles. The molecule has 2 rings (SSSR count). The average Bonchev–Trinajstić information content (AvgIpc) is 2.52. The molecule has 0 saturated carbocycles. The van der Waals surface area contributed by atoms with E-state index in [9.17, 15) is 0 Å². The van der Waals surface area contributed by atoms with Crippen LogP contribution in [-0.4, -0.2) is 12.6 Å². The van der Waals surface area contributed by atoms with Crippen molar-refractivity contribution in [3.63, 3.8) is 0 Å². The predicted octanol–water partition coefficient (Wildman–Crippen LogP) is 6.23. The summed E-state index contributed by atoms with van der Waals surface area (Å²) in [6.45, 7) is 7.38. The molecule has 2 aromatic rings. The lowest BCUT2D eigenvalue weighted by Gasteiger charge is -2.21. The molecule has 0 heterocycles. The lowest BCUT2D eigenvalue weighted by atomic mass is 10.1. The summed E-state index contributed by atoms with van der Waals surface area (Å²) in [6, 6.07) is 9.37. The van der Waals surface area contributed by atoms with Gasteiger partial charge in [0.2, 0.25) is 0 Å². The molecule has 0 bridgehead atoms. The molecule has 0 aliphatic heterocycles. The summed E-state index contributed by atoms with van der Waals surface area (Å²) in [6.07, 6.45) is 0. The number of ether oxygens (including phenoxy) is 2. The molecule has 0 amide bonds. The van der Waals surface area contributed by atoms with Crippen molar-refractivity contribution in [3.8, 4) is 11.5 Å². The van der Waals surface area contributed by atoms with E-state index in [4.69, 9.17) is 32.7 Å². The highest BCUT2D eigenvalue weighted by atomic mass is 79.9. The lowest BCUT2D eigenvalue weighted by Crippen LogP contribution is -2.35. The van der Waals surface area contributed by atoms with Crippen molar-refractivity contribution in [2.45, 2.75) is 39.5 Å². The second-order valence-corrected chi connectivity index (χ2v) is 8.37. The van der Waals surface area contributed by atoms with Gasteiger partial charge in [-0.15, -0.1) is 0 Å². The molecule has 136 valence electrons. The van der Waals surface area contributed by atoms with Crippen LogP contribution in [0.1, 0.15) is 31.9 Å². The Morgan fingerprint density at radius 2 is 1.76 bits per heavy atom. The first-order valence-corrected chi connectivity index (χ1v) is 9.43. The van der Waals surface area contributed by atoms with Gasteiger partial charge in [-0.3, -0.25) is 0 Å². The minimum atomic E-state index is 0.0374. The molecular formula is C19H22BrCl2NO2. The second kappa shape index (κ2) is 8.63. The summed E-state index contributed by atoms with van der Waals surface area (Å²) in [4.78, 5) is 0. The molecule has 3 nitrogen and oxygen atoms in total. The molecule has 0 saturated heterocycles. The molecule has 0 atom stereocenters.